The fourth-order valence-corrected chi connectivity index (χ4v) is 1.40. The van der Waals surface area contributed by atoms with Crippen molar-refractivity contribution in [3.8, 4) is 11.5 Å². The fraction of sp³-hybridized carbons (Fsp3) is 0.273. The average molecular weight is 204 g/mol. The zero-order valence-electron chi connectivity index (χ0n) is 8.73. The Kier molecular flexibility index (Phi) is 2.41. The predicted octanol–water partition coefficient (Wildman–Crippen LogP) is 1.83. The van der Waals surface area contributed by atoms with E-state index in [4.69, 9.17) is 4.42 Å². The highest BCUT2D eigenvalue weighted by atomic mass is 16.4. The van der Waals surface area contributed by atoms with Gasteiger partial charge in [-0.1, -0.05) is 17.7 Å². The van der Waals surface area contributed by atoms with Crippen molar-refractivity contribution >= 4 is 0 Å². The summed E-state index contributed by atoms with van der Waals surface area (Å²) < 4.78 is 6.35. The minimum Gasteiger partial charge on any atom is -0.388 e. The quantitative estimate of drug-likeness (QED) is 0.749. The van der Waals surface area contributed by atoms with Crippen LogP contribution in [0.15, 0.2) is 33.5 Å². The van der Waals surface area contributed by atoms with E-state index in [9.17, 15) is 4.79 Å². The Morgan fingerprint density at radius 3 is 2.87 bits per heavy atom. The van der Waals surface area contributed by atoms with Gasteiger partial charge in [-0.05, 0) is 26.0 Å². The third-order valence-electron chi connectivity index (χ3n) is 2.17. The third-order valence-corrected chi connectivity index (χ3v) is 2.17. The molecule has 0 spiro atoms. The van der Waals surface area contributed by atoms with E-state index >= 15 is 0 Å². The van der Waals surface area contributed by atoms with E-state index in [2.05, 4.69) is 5.10 Å². The molecule has 0 aliphatic carbocycles. The molecule has 4 heteroatoms. The van der Waals surface area contributed by atoms with Gasteiger partial charge in [-0.2, -0.15) is 4.68 Å². The molecule has 2 aromatic rings. The van der Waals surface area contributed by atoms with Crippen LogP contribution in [0.2, 0.25) is 0 Å². The van der Waals surface area contributed by atoms with Gasteiger partial charge in [0.05, 0.1) is 0 Å². The van der Waals surface area contributed by atoms with Gasteiger partial charge in [0.1, 0.15) is 0 Å². The van der Waals surface area contributed by atoms with Crippen molar-refractivity contribution in [1.82, 2.24) is 9.78 Å². The highest BCUT2D eigenvalue weighted by Crippen LogP contribution is 2.16. The van der Waals surface area contributed by atoms with Crippen molar-refractivity contribution in [2.45, 2.75) is 20.4 Å². The maximum Gasteiger partial charge on any atom is 0.437 e. The van der Waals surface area contributed by atoms with E-state index in [-0.39, 0.29) is 0 Å². The molecule has 0 saturated heterocycles. The van der Waals surface area contributed by atoms with Gasteiger partial charge in [0.15, 0.2) is 0 Å². The van der Waals surface area contributed by atoms with E-state index < -0.39 is 5.76 Å². The summed E-state index contributed by atoms with van der Waals surface area (Å²) >= 11 is 0. The van der Waals surface area contributed by atoms with Crippen molar-refractivity contribution in [3.63, 3.8) is 0 Å². The lowest BCUT2D eigenvalue weighted by atomic mass is 10.1. The zero-order valence-corrected chi connectivity index (χ0v) is 8.73. The molecular formula is C11H12N2O2. The Morgan fingerprint density at radius 1 is 1.47 bits per heavy atom. The van der Waals surface area contributed by atoms with Crippen molar-refractivity contribution in [2.24, 2.45) is 0 Å². The van der Waals surface area contributed by atoms with Crippen LogP contribution in [0.4, 0.5) is 0 Å². The highest BCUT2D eigenvalue weighted by molar-refractivity contribution is 5.53. The van der Waals surface area contributed by atoms with Crippen LogP contribution in [0.5, 0.6) is 0 Å². The summed E-state index contributed by atoms with van der Waals surface area (Å²) in [5.74, 6) is -0.0282. The lowest BCUT2D eigenvalue weighted by molar-refractivity contribution is 0.490. The molecule has 15 heavy (non-hydrogen) atoms. The number of benzene rings is 1. The first kappa shape index (κ1) is 9.71. The van der Waals surface area contributed by atoms with E-state index in [0.717, 1.165) is 11.1 Å². The predicted molar refractivity (Wildman–Crippen MR) is 56.6 cm³/mol. The fourth-order valence-electron chi connectivity index (χ4n) is 1.40. The van der Waals surface area contributed by atoms with Crippen LogP contribution in [0.3, 0.4) is 0 Å². The Labute approximate surface area is 87.2 Å². The first-order chi connectivity index (χ1) is 7.20. The Hall–Kier alpha value is -1.84. The van der Waals surface area contributed by atoms with Crippen LogP contribution in [-0.4, -0.2) is 9.78 Å². The van der Waals surface area contributed by atoms with E-state index in [1.54, 1.807) is 0 Å². The summed E-state index contributed by atoms with van der Waals surface area (Å²) in [5, 5.41) is 4.08. The van der Waals surface area contributed by atoms with Crippen molar-refractivity contribution in [3.05, 3.63) is 40.4 Å². The largest absolute Gasteiger partial charge is 0.437 e. The second-order valence-electron chi connectivity index (χ2n) is 3.36. The van der Waals surface area contributed by atoms with Gasteiger partial charge in [-0.25, -0.2) is 4.79 Å². The van der Waals surface area contributed by atoms with E-state index in [0.29, 0.717) is 12.4 Å². The van der Waals surface area contributed by atoms with Gasteiger partial charge in [-0.3, -0.25) is 0 Å². The Balaban J connectivity index is 2.50. The highest BCUT2D eigenvalue weighted by Gasteiger charge is 2.08. The minimum atomic E-state index is -0.408. The Morgan fingerprint density at radius 2 is 2.27 bits per heavy atom. The lowest BCUT2D eigenvalue weighted by Crippen LogP contribution is -2.13. The number of hydrogen-bond acceptors (Lipinski definition) is 3. The van der Waals surface area contributed by atoms with Crippen LogP contribution >= 0.6 is 0 Å². The van der Waals surface area contributed by atoms with Gasteiger partial charge in [0.2, 0.25) is 5.89 Å². The molecule has 0 N–H and O–H groups in total. The van der Waals surface area contributed by atoms with Crippen LogP contribution in [0.25, 0.3) is 11.5 Å². The van der Waals surface area contributed by atoms with Crippen LogP contribution in [-0.2, 0) is 6.54 Å². The SMILES string of the molecule is CCn1nc(-c2cccc(C)c2)oc1=O. The molecule has 0 aliphatic rings. The number of hydrogen-bond donors (Lipinski definition) is 0. The average Bonchev–Trinajstić information content (AvgIpc) is 2.60. The van der Waals surface area contributed by atoms with Gasteiger partial charge < -0.3 is 4.42 Å². The molecule has 0 radical (unpaired) electrons. The monoisotopic (exact) mass is 204 g/mol. The third kappa shape index (κ3) is 1.83. The van der Waals surface area contributed by atoms with Gasteiger partial charge in [0, 0.05) is 12.1 Å². The van der Waals surface area contributed by atoms with Crippen LogP contribution in [0.1, 0.15) is 12.5 Å². The summed E-state index contributed by atoms with van der Waals surface area (Å²) in [5.41, 5.74) is 1.94. The second-order valence-corrected chi connectivity index (χ2v) is 3.36. The first-order valence-corrected chi connectivity index (χ1v) is 4.85. The standard InChI is InChI=1S/C11H12N2O2/c1-3-13-11(14)15-10(12-13)9-6-4-5-8(2)7-9/h4-7H,3H2,1-2H3. The molecule has 0 amide bonds. The van der Waals surface area contributed by atoms with Crippen molar-refractivity contribution < 1.29 is 4.42 Å². The second kappa shape index (κ2) is 3.73. The molecule has 2 rings (SSSR count). The number of aryl methyl sites for hydroxylation is 2. The first-order valence-electron chi connectivity index (χ1n) is 4.85. The minimum absolute atomic E-state index is 0.380. The molecule has 4 nitrogen and oxygen atoms in total. The molecule has 0 aliphatic heterocycles. The molecule has 0 bridgehead atoms. The molecule has 1 aromatic carbocycles. The molecule has 78 valence electrons. The van der Waals surface area contributed by atoms with E-state index in [1.807, 2.05) is 38.1 Å². The summed E-state index contributed by atoms with van der Waals surface area (Å²) in [7, 11) is 0. The molecule has 1 aromatic heterocycles. The smallest absolute Gasteiger partial charge is 0.388 e. The zero-order chi connectivity index (χ0) is 10.8. The van der Waals surface area contributed by atoms with Gasteiger partial charge >= 0.3 is 5.76 Å². The molecular weight excluding hydrogens is 192 g/mol. The van der Waals surface area contributed by atoms with Gasteiger partial charge in [-0.15, -0.1) is 5.10 Å². The topological polar surface area (TPSA) is 48.0 Å². The van der Waals surface area contributed by atoms with Crippen molar-refractivity contribution in [2.75, 3.05) is 0 Å². The lowest BCUT2D eigenvalue weighted by Gasteiger charge is -1.95. The summed E-state index contributed by atoms with van der Waals surface area (Å²) in [4.78, 5) is 11.3. The summed E-state index contributed by atoms with van der Waals surface area (Å²) in [6.45, 7) is 4.36. The summed E-state index contributed by atoms with van der Waals surface area (Å²) in [6, 6.07) is 7.71. The normalized spacial score (nSPS) is 10.5. The molecule has 0 saturated carbocycles. The summed E-state index contributed by atoms with van der Waals surface area (Å²) in [6.07, 6.45) is 0. The van der Waals surface area contributed by atoms with Crippen molar-refractivity contribution in [1.29, 1.82) is 0 Å². The number of nitrogens with zero attached hydrogens (tertiary/aromatic N) is 2. The molecule has 0 unspecified atom stereocenters. The maximum atomic E-state index is 11.3. The van der Waals surface area contributed by atoms with Gasteiger partial charge in [0.25, 0.3) is 0 Å². The number of rotatable bonds is 2. The maximum absolute atomic E-state index is 11.3. The van der Waals surface area contributed by atoms with Crippen LogP contribution < -0.4 is 5.76 Å². The number of aromatic nitrogens is 2. The molecule has 1 heterocycles. The molecule has 0 atom stereocenters. The Bertz CT molecular complexity index is 525. The van der Waals surface area contributed by atoms with E-state index in [1.165, 1.54) is 4.68 Å². The molecule has 0 fully saturated rings. The van der Waals surface area contributed by atoms with Crippen LogP contribution in [0, 0.1) is 6.92 Å².